The molecule has 4 aromatic rings. The first kappa shape index (κ1) is 25.0. The fourth-order valence-electron chi connectivity index (χ4n) is 5.60. The number of nitrogens with zero attached hydrogens (tertiary/aromatic N) is 1. The molecule has 0 radical (unpaired) electrons. The first-order valence-corrected chi connectivity index (χ1v) is 13.7. The lowest BCUT2D eigenvalue weighted by Crippen LogP contribution is -2.27. The van der Waals surface area contributed by atoms with Gasteiger partial charge < -0.3 is 25.1 Å². The minimum absolute atomic E-state index is 0.373. The second-order valence-electron chi connectivity index (χ2n) is 11.0. The maximum atomic E-state index is 12.9. The van der Waals surface area contributed by atoms with Gasteiger partial charge in [0.2, 0.25) is 0 Å². The smallest absolute Gasteiger partial charge is 0.323 e. The molecule has 2 amide bonds. The van der Waals surface area contributed by atoms with Crippen LogP contribution in [0.3, 0.4) is 0 Å². The molecule has 7 nitrogen and oxygen atoms in total. The Morgan fingerprint density at radius 2 is 1.82 bits per heavy atom. The summed E-state index contributed by atoms with van der Waals surface area (Å²) in [5, 5.41) is 5.81. The fraction of sp³-hybridized carbons (Fsp3) is 0.312. The molecule has 39 heavy (non-hydrogen) atoms. The van der Waals surface area contributed by atoms with Crippen LogP contribution in [0.5, 0.6) is 11.5 Å². The number of carbonyl (C=O) groups is 1. The summed E-state index contributed by atoms with van der Waals surface area (Å²) in [5.41, 5.74) is 5.79. The van der Waals surface area contributed by atoms with Crippen LogP contribution >= 0.6 is 0 Å². The average molecular weight is 523 g/mol. The lowest BCUT2D eigenvalue weighted by atomic mass is 9.84. The molecule has 0 unspecified atom stereocenters. The molecule has 0 saturated heterocycles. The monoisotopic (exact) mass is 522 g/mol. The zero-order valence-electron chi connectivity index (χ0n) is 22.6. The number of aromatic nitrogens is 2. The topological polar surface area (TPSA) is 88.3 Å². The highest BCUT2D eigenvalue weighted by atomic mass is 16.5. The molecule has 1 aliphatic carbocycles. The predicted octanol–water partition coefficient (Wildman–Crippen LogP) is 8.11. The molecule has 1 aliphatic heterocycles. The van der Waals surface area contributed by atoms with Gasteiger partial charge in [0.25, 0.3) is 0 Å². The number of amides is 2. The van der Waals surface area contributed by atoms with E-state index < -0.39 is 5.60 Å². The number of urea groups is 1. The Kier molecular flexibility index (Phi) is 6.51. The predicted molar refractivity (Wildman–Crippen MR) is 157 cm³/mol. The van der Waals surface area contributed by atoms with Crippen LogP contribution in [0.15, 0.2) is 60.7 Å². The molecular formula is C32H34N4O3. The van der Waals surface area contributed by atoms with Gasteiger partial charge in [-0.25, -0.2) is 9.78 Å². The number of anilines is 2. The molecule has 2 aliphatic rings. The van der Waals surface area contributed by atoms with Crippen LogP contribution in [-0.4, -0.2) is 28.7 Å². The molecule has 1 saturated carbocycles. The number of benzene rings is 3. The van der Waals surface area contributed by atoms with Crippen molar-refractivity contribution in [2.24, 2.45) is 0 Å². The number of hydrogen-bond acceptors (Lipinski definition) is 4. The molecule has 3 N–H and O–H groups in total. The number of carbonyl (C=O) groups excluding carboxylic acids is 1. The van der Waals surface area contributed by atoms with E-state index in [0.717, 1.165) is 28.0 Å². The molecule has 1 fully saturated rings. The van der Waals surface area contributed by atoms with Gasteiger partial charge in [-0.15, -0.1) is 0 Å². The minimum atomic E-state index is -0.395. The van der Waals surface area contributed by atoms with Crippen LogP contribution in [0, 0.1) is 0 Å². The van der Waals surface area contributed by atoms with Gasteiger partial charge in [-0.05, 0) is 80.7 Å². The summed E-state index contributed by atoms with van der Waals surface area (Å²) in [7, 11) is 1.58. The number of hydrogen-bond donors (Lipinski definition) is 3. The fourth-order valence-corrected chi connectivity index (χ4v) is 5.60. The number of ether oxygens (including phenoxy) is 2. The number of H-pyrrole nitrogens is 1. The molecule has 6 rings (SSSR count). The summed E-state index contributed by atoms with van der Waals surface area (Å²) in [6.07, 6.45) is 10.5. The largest absolute Gasteiger partial charge is 0.494 e. The van der Waals surface area contributed by atoms with Crippen molar-refractivity contribution in [1.29, 1.82) is 0 Å². The van der Waals surface area contributed by atoms with E-state index in [-0.39, 0.29) is 6.03 Å². The molecule has 0 atom stereocenters. The zero-order valence-corrected chi connectivity index (χ0v) is 22.6. The van der Waals surface area contributed by atoms with Crippen molar-refractivity contribution in [3.63, 3.8) is 0 Å². The number of rotatable bonds is 5. The minimum Gasteiger partial charge on any atom is -0.494 e. The van der Waals surface area contributed by atoms with E-state index in [1.165, 1.54) is 37.7 Å². The van der Waals surface area contributed by atoms with Gasteiger partial charge >= 0.3 is 6.03 Å². The second-order valence-corrected chi connectivity index (χ2v) is 11.0. The van der Waals surface area contributed by atoms with Crippen molar-refractivity contribution >= 4 is 34.5 Å². The van der Waals surface area contributed by atoms with Crippen LogP contribution < -0.4 is 20.1 Å². The van der Waals surface area contributed by atoms with E-state index in [4.69, 9.17) is 14.5 Å². The first-order valence-electron chi connectivity index (χ1n) is 13.7. The number of imidazole rings is 1. The highest BCUT2D eigenvalue weighted by molar-refractivity contribution is 6.02. The summed E-state index contributed by atoms with van der Waals surface area (Å²) in [6, 6.07) is 17.7. The molecular weight excluding hydrogens is 488 g/mol. The lowest BCUT2D eigenvalue weighted by molar-refractivity contribution is 0.158. The molecule has 200 valence electrons. The standard InChI is InChI=1S/C32H34N4O3/c1-32(2)18-17-24-28(39-32)16-15-26(29(24)38-3)36-31(37)33-23-13-14-25-27(19-23)35-30(34-25)22-11-9-21(10-12-22)20-7-5-4-6-8-20/h9-20H,4-8H2,1-3H3,(H,34,35)(H2,33,36,37). The van der Waals surface area contributed by atoms with Crippen LogP contribution in [0.1, 0.15) is 63.0 Å². The third kappa shape index (κ3) is 5.21. The van der Waals surface area contributed by atoms with E-state index >= 15 is 0 Å². The van der Waals surface area contributed by atoms with Gasteiger partial charge in [0.15, 0.2) is 5.75 Å². The molecule has 7 heteroatoms. The third-order valence-corrected chi connectivity index (χ3v) is 7.63. The SMILES string of the molecule is COc1c(NC(=O)Nc2ccc3[nH]c(-c4ccc(C5CCCCC5)cc4)nc3c2)ccc2c1C=CC(C)(C)O2. The first-order chi connectivity index (χ1) is 18.9. The highest BCUT2D eigenvalue weighted by Crippen LogP contribution is 2.41. The van der Waals surface area contributed by atoms with Gasteiger partial charge in [-0.3, -0.25) is 0 Å². The van der Waals surface area contributed by atoms with E-state index in [9.17, 15) is 4.79 Å². The summed E-state index contributed by atoms with van der Waals surface area (Å²) in [5.74, 6) is 2.77. The van der Waals surface area contributed by atoms with Gasteiger partial charge in [-0.1, -0.05) is 43.5 Å². The lowest BCUT2D eigenvalue weighted by Gasteiger charge is -2.29. The van der Waals surface area contributed by atoms with Gasteiger partial charge in [-0.2, -0.15) is 0 Å². The summed E-state index contributed by atoms with van der Waals surface area (Å²) in [6.45, 7) is 3.98. The van der Waals surface area contributed by atoms with E-state index in [1.54, 1.807) is 13.2 Å². The molecule has 3 aromatic carbocycles. The van der Waals surface area contributed by atoms with Crippen molar-refractivity contribution < 1.29 is 14.3 Å². The second kappa shape index (κ2) is 10.1. The van der Waals surface area contributed by atoms with Gasteiger partial charge in [0.1, 0.15) is 17.2 Å². The normalized spacial score (nSPS) is 16.4. The molecule has 1 aromatic heterocycles. The number of nitrogens with one attached hydrogen (secondary N) is 3. The number of methoxy groups -OCH3 is 1. The number of aromatic amines is 1. The Morgan fingerprint density at radius 1 is 1.03 bits per heavy atom. The average Bonchev–Trinajstić information content (AvgIpc) is 3.37. The highest BCUT2D eigenvalue weighted by Gasteiger charge is 2.25. The van der Waals surface area contributed by atoms with Crippen LogP contribution in [-0.2, 0) is 0 Å². The van der Waals surface area contributed by atoms with E-state index in [2.05, 4.69) is 39.9 Å². The van der Waals surface area contributed by atoms with Crippen LogP contribution in [0.25, 0.3) is 28.5 Å². The van der Waals surface area contributed by atoms with Crippen molar-refractivity contribution in [3.05, 3.63) is 71.8 Å². The van der Waals surface area contributed by atoms with Crippen LogP contribution in [0.2, 0.25) is 0 Å². The Morgan fingerprint density at radius 3 is 2.59 bits per heavy atom. The van der Waals surface area contributed by atoms with E-state index in [1.807, 2.05) is 50.3 Å². The quantitative estimate of drug-likeness (QED) is 0.247. The maximum absolute atomic E-state index is 12.9. The van der Waals surface area contributed by atoms with Crippen molar-refractivity contribution in [2.45, 2.75) is 57.5 Å². The maximum Gasteiger partial charge on any atom is 0.323 e. The molecule has 0 spiro atoms. The van der Waals surface area contributed by atoms with Crippen molar-refractivity contribution in [2.75, 3.05) is 17.7 Å². The molecule has 2 heterocycles. The van der Waals surface area contributed by atoms with Crippen LogP contribution in [0.4, 0.5) is 16.2 Å². The Bertz CT molecular complexity index is 1550. The zero-order chi connectivity index (χ0) is 27.0. The van der Waals surface area contributed by atoms with Gasteiger partial charge in [0.05, 0.1) is 29.4 Å². The summed E-state index contributed by atoms with van der Waals surface area (Å²) in [4.78, 5) is 21.1. The van der Waals surface area contributed by atoms with Crippen molar-refractivity contribution in [1.82, 2.24) is 9.97 Å². The third-order valence-electron chi connectivity index (χ3n) is 7.63. The number of fused-ring (bicyclic) bond motifs is 2. The summed E-state index contributed by atoms with van der Waals surface area (Å²) < 4.78 is 11.6. The Labute approximate surface area is 228 Å². The Balaban J connectivity index is 1.16. The van der Waals surface area contributed by atoms with Crippen molar-refractivity contribution in [3.8, 4) is 22.9 Å². The van der Waals surface area contributed by atoms with Gasteiger partial charge in [0, 0.05) is 11.3 Å². The Hall–Kier alpha value is -4.26. The summed E-state index contributed by atoms with van der Waals surface area (Å²) >= 11 is 0. The van der Waals surface area contributed by atoms with E-state index in [0.29, 0.717) is 28.8 Å². The molecule has 0 bridgehead atoms.